The fraction of sp³-hybridized carbons (Fsp3) is 0.562. The molecule has 3 rings (SSSR count). The summed E-state index contributed by atoms with van der Waals surface area (Å²) in [6, 6.07) is 8.53. The summed E-state index contributed by atoms with van der Waals surface area (Å²) in [7, 11) is 2.04. The summed E-state index contributed by atoms with van der Waals surface area (Å²) in [5, 5.41) is 7.15. The van der Waals surface area contributed by atoms with E-state index in [2.05, 4.69) is 45.1 Å². The summed E-state index contributed by atoms with van der Waals surface area (Å²) in [6.07, 6.45) is 3.99. The zero-order valence-corrected chi connectivity index (χ0v) is 13.6. The van der Waals surface area contributed by atoms with Gasteiger partial charge >= 0.3 is 0 Å². The molecule has 1 aromatic carbocycles. The molecule has 0 saturated carbocycles. The molecule has 1 unspecified atom stereocenters. The topological polar surface area (TPSA) is 21.1 Å². The number of piperidine rings is 1. The monoisotopic (exact) mass is 335 g/mol. The highest BCUT2D eigenvalue weighted by Crippen LogP contribution is 2.24. The Morgan fingerprint density at radius 2 is 2.20 bits per heavy atom. The third kappa shape index (κ3) is 2.91. The van der Waals surface area contributed by atoms with Crippen molar-refractivity contribution in [2.45, 2.75) is 25.8 Å². The van der Waals surface area contributed by atoms with Crippen molar-refractivity contribution in [1.29, 1.82) is 0 Å². The quantitative estimate of drug-likeness (QED) is 0.796. The van der Waals surface area contributed by atoms with E-state index >= 15 is 0 Å². The summed E-state index contributed by atoms with van der Waals surface area (Å²) in [6.45, 7) is 3.42. The molecule has 2 heterocycles. The van der Waals surface area contributed by atoms with Crippen LogP contribution in [0.5, 0.6) is 0 Å². The standard InChI is InChI=1S/C16H22BrN3/c1-19-16-7-3-2-6-14(16)15(18-19)12-20-10-4-5-13(11-20)8-9-17/h2-3,6-7,13H,4-5,8-12H2,1H3. The number of alkyl halides is 1. The zero-order chi connectivity index (χ0) is 13.9. The molecule has 1 aliphatic rings. The van der Waals surface area contributed by atoms with Crippen molar-refractivity contribution in [2.75, 3.05) is 18.4 Å². The molecule has 3 nitrogen and oxygen atoms in total. The van der Waals surface area contributed by atoms with Crippen molar-refractivity contribution >= 4 is 26.8 Å². The van der Waals surface area contributed by atoms with Gasteiger partial charge in [0.25, 0.3) is 0 Å². The van der Waals surface area contributed by atoms with Crippen LogP contribution in [0, 0.1) is 5.92 Å². The number of aromatic nitrogens is 2. The van der Waals surface area contributed by atoms with E-state index in [9.17, 15) is 0 Å². The summed E-state index contributed by atoms with van der Waals surface area (Å²) in [5.41, 5.74) is 2.46. The van der Waals surface area contributed by atoms with Crippen LogP contribution < -0.4 is 0 Å². The number of benzene rings is 1. The molecule has 108 valence electrons. The second-order valence-corrected chi connectivity index (χ2v) is 6.60. The molecule has 20 heavy (non-hydrogen) atoms. The van der Waals surface area contributed by atoms with E-state index in [1.165, 1.54) is 48.9 Å². The number of rotatable bonds is 4. The Hall–Kier alpha value is -0.870. The molecule has 4 heteroatoms. The number of likely N-dealkylation sites (tertiary alicyclic amines) is 1. The van der Waals surface area contributed by atoms with Crippen molar-refractivity contribution in [3.05, 3.63) is 30.0 Å². The SMILES string of the molecule is Cn1nc(CN2CCCC(CCBr)C2)c2ccccc21. The van der Waals surface area contributed by atoms with Gasteiger partial charge in [-0.2, -0.15) is 5.10 Å². The van der Waals surface area contributed by atoms with Crippen LogP contribution in [0.3, 0.4) is 0 Å². The number of hydrogen-bond acceptors (Lipinski definition) is 2. The number of nitrogens with zero attached hydrogens (tertiary/aromatic N) is 3. The van der Waals surface area contributed by atoms with Gasteiger partial charge in [-0.25, -0.2) is 0 Å². The lowest BCUT2D eigenvalue weighted by Crippen LogP contribution is -2.35. The number of aryl methyl sites for hydroxylation is 1. The molecule has 0 amide bonds. The zero-order valence-electron chi connectivity index (χ0n) is 12.1. The Kier molecular flexibility index (Phi) is 4.41. The fourth-order valence-electron chi connectivity index (χ4n) is 3.30. The third-order valence-corrected chi connectivity index (χ3v) is 4.79. The van der Waals surface area contributed by atoms with E-state index < -0.39 is 0 Å². The van der Waals surface area contributed by atoms with Crippen LogP contribution in [-0.2, 0) is 13.6 Å². The van der Waals surface area contributed by atoms with Crippen molar-refractivity contribution in [3.8, 4) is 0 Å². The van der Waals surface area contributed by atoms with Crippen molar-refractivity contribution < 1.29 is 0 Å². The molecule has 1 aromatic heterocycles. The minimum atomic E-state index is 0.845. The average molecular weight is 336 g/mol. The molecule has 0 spiro atoms. The average Bonchev–Trinajstić information content (AvgIpc) is 2.77. The fourth-order valence-corrected chi connectivity index (χ4v) is 3.95. The Labute approximate surface area is 129 Å². The highest BCUT2D eigenvalue weighted by molar-refractivity contribution is 9.09. The van der Waals surface area contributed by atoms with Crippen LogP contribution >= 0.6 is 15.9 Å². The number of para-hydroxylation sites is 1. The van der Waals surface area contributed by atoms with Crippen molar-refractivity contribution in [3.63, 3.8) is 0 Å². The number of fused-ring (bicyclic) bond motifs is 1. The van der Waals surface area contributed by atoms with E-state index in [0.717, 1.165) is 17.8 Å². The lowest BCUT2D eigenvalue weighted by atomic mass is 9.95. The van der Waals surface area contributed by atoms with E-state index in [0.29, 0.717) is 0 Å². The maximum Gasteiger partial charge on any atom is 0.0843 e. The Balaban J connectivity index is 1.76. The van der Waals surface area contributed by atoms with E-state index in [1.807, 2.05) is 11.7 Å². The molecule has 0 N–H and O–H groups in total. The minimum absolute atomic E-state index is 0.845. The normalized spacial score (nSPS) is 20.6. The molecule has 0 radical (unpaired) electrons. The van der Waals surface area contributed by atoms with Crippen molar-refractivity contribution in [1.82, 2.24) is 14.7 Å². The van der Waals surface area contributed by atoms with Crippen LogP contribution in [0.1, 0.15) is 25.0 Å². The van der Waals surface area contributed by atoms with Gasteiger partial charge in [0, 0.05) is 30.9 Å². The molecule has 1 saturated heterocycles. The minimum Gasteiger partial charge on any atom is -0.297 e. The van der Waals surface area contributed by atoms with Gasteiger partial charge < -0.3 is 0 Å². The second-order valence-electron chi connectivity index (χ2n) is 5.81. The predicted octanol–water partition coefficient (Wildman–Crippen LogP) is 3.57. The summed E-state index contributed by atoms with van der Waals surface area (Å²) in [4.78, 5) is 2.58. The molecular formula is C16H22BrN3. The first-order chi connectivity index (χ1) is 9.78. The first-order valence-corrected chi connectivity index (χ1v) is 8.59. The molecule has 0 aliphatic carbocycles. The Morgan fingerprint density at radius 1 is 1.35 bits per heavy atom. The summed E-state index contributed by atoms with van der Waals surface area (Å²) >= 11 is 3.57. The largest absolute Gasteiger partial charge is 0.297 e. The third-order valence-electron chi connectivity index (χ3n) is 4.33. The van der Waals surface area contributed by atoms with Crippen LogP contribution in [0.25, 0.3) is 10.9 Å². The molecule has 1 aliphatic heterocycles. The van der Waals surface area contributed by atoms with Gasteiger partial charge in [-0.1, -0.05) is 34.1 Å². The number of hydrogen-bond donors (Lipinski definition) is 0. The highest BCUT2D eigenvalue weighted by atomic mass is 79.9. The van der Waals surface area contributed by atoms with Gasteiger partial charge in [0.2, 0.25) is 0 Å². The smallest absolute Gasteiger partial charge is 0.0843 e. The molecular weight excluding hydrogens is 314 g/mol. The van der Waals surface area contributed by atoms with Crippen LogP contribution in [0.4, 0.5) is 0 Å². The van der Waals surface area contributed by atoms with E-state index in [-0.39, 0.29) is 0 Å². The molecule has 1 atom stereocenters. The van der Waals surface area contributed by atoms with Crippen molar-refractivity contribution in [2.24, 2.45) is 13.0 Å². The lowest BCUT2D eigenvalue weighted by molar-refractivity contribution is 0.164. The van der Waals surface area contributed by atoms with E-state index in [1.54, 1.807) is 0 Å². The molecule has 1 fully saturated rings. The molecule has 0 bridgehead atoms. The Bertz CT molecular complexity index is 576. The first-order valence-electron chi connectivity index (χ1n) is 7.47. The predicted molar refractivity (Wildman–Crippen MR) is 87.1 cm³/mol. The lowest BCUT2D eigenvalue weighted by Gasteiger charge is -2.32. The van der Waals surface area contributed by atoms with Gasteiger partial charge in [-0.05, 0) is 37.8 Å². The summed E-state index contributed by atoms with van der Waals surface area (Å²) < 4.78 is 2.00. The van der Waals surface area contributed by atoms with Crippen LogP contribution in [0.15, 0.2) is 24.3 Å². The summed E-state index contributed by atoms with van der Waals surface area (Å²) in [5.74, 6) is 0.845. The van der Waals surface area contributed by atoms with Gasteiger partial charge in [-0.15, -0.1) is 0 Å². The van der Waals surface area contributed by atoms with E-state index in [4.69, 9.17) is 5.10 Å². The highest BCUT2D eigenvalue weighted by Gasteiger charge is 2.21. The van der Waals surface area contributed by atoms with Crippen LogP contribution in [-0.4, -0.2) is 33.1 Å². The second kappa shape index (κ2) is 6.27. The van der Waals surface area contributed by atoms with Gasteiger partial charge in [-0.3, -0.25) is 9.58 Å². The molecule has 2 aromatic rings. The van der Waals surface area contributed by atoms with Gasteiger partial charge in [0.05, 0.1) is 11.2 Å². The van der Waals surface area contributed by atoms with Gasteiger partial charge in [0.1, 0.15) is 0 Å². The maximum atomic E-state index is 4.72. The van der Waals surface area contributed by atoms with Gasteiger partial charge in [0.15, 0.2) is 0 Å². The van der Waals surface area contributed by atoms with Crippen LogP contribution in [0.2, 0.25) is 0 Å². The number of halogens is 1. The maximum absolute atomic E-state index is 4.72. The first kappa shape index (κ1) is 14.1. The Morgan fingerprint density at radius 3 is 3.05 bits per heavy atom.